The fourth-order valence-corrected chi connectivity index (χ4v) is 1.39. The van der Waals surface area contributed by atoms with Gasteiger partial charge in [0.25, 0.3) is 0 Å². The topological polar surface area (TPSA) is 55.5 Å². The molecule has 17 heavy (non-hydrogen) atoms. The molecule has 1 rings (SSSR count). The van der Waals surface area contributed by atoms with Crippen molar-refractivity contribution in [2.24, 2.45) is 5.73 Å². The average molecular weight is 249 g/mol. The molecule has 0 aliphatic carbocycles. The second kappa shape index (κ2) is 5.88. The molecule has 0 unspecified atom stereocenters. The van der Waals surface area contributed by atoms with E-state index in [0.717, 1.165) is 0 Å². The highest BCUT2D eigenvalue weighted by Crippen LogP contribution is 2.24. The maximum atomic E-state index is 11.9. The fraction of sp³-hybridized carbons (Fsp3) is 0.455. The van der Waals surface area contributed by atoms with E-state index in [4.69, 9.17) is 10.8 Å². The Bertz CT molecular complexity index is 338. The van der Waals surface area contributed by atoms with Crippen LogP contribution in [-0.2, 0) is 0 Å². The maximum Gasteiger partial charge on any atom is 0.573 e. The van der Waals surface area contributed by atoms with Crippen LogP contribution in [-0.4, -0.2) is 18.1 Å². The summed E-state index contributed by atoms with van der Waals surface area (Å²) in [5.74, 6) is -0.268. The lowest BCUT2D eigenvalue weighted by molar-refractivity contribution is -0.274. The van der Waals surface area contributed by atoms with Crippen molar-refractivity contribution in [2.45, 2.75) is 25.2 Å². The van der Waals surface area contributed by atoms with Crippen LogP contribution in [0.4, 0.5) is 13.2 Å². The summed E-state index contributed by atoms with van der Waals surface area (Å²) in [5.41, 5.74) is 6.50. The van der Waals surface area contributed by atoms with Crippen LogP contribution in [0.15, 0.2) is 24.3 Å². The molecule has 0 aromatic heterocycles. The Morgan fingerprint density at radius 1 is 1.24 bits per heavy atom. The van der Waals surface area contributed by atoms with Crippen LogP contribution in [0.25, 0.3) is 0 Å². The number of hydrogen-bond acceptors (Lipinski definition) is 3. The highest BCUT2D eigenvalue weighted by Gasteiger charge is 2.30. The highest BCUT2D eigenvalue weighted by molar-refractivity contribution is 5.29. The van der Waals surface area contributed by atoms with Crippen LogP contribution in [0.3, 0.4) is 0 Å². The lowest BCUT2D eigenvalue weighted by atomic mass is 10.0. The average Bonchev–Trinajstić information content (AvgIpc) is 2.24. The molecule has 0 radical (unpaired) electrons. The first-order valence-electron chi connectivity index (χ1n) is 5.14. The van der Waals surface area contributed by atoms with Gasteiger partial charge in [0.1, 0.15) is 5.75 Å². The lowest BCUT2D eigenvalue weighted by Crippen LogP contribution is -2.17. The Labute approximate surface area is 97.0 Å². The van der Waals surface area contributed by atoms with Gasteiger partial charge in [-0.05, 0) is 30.5 Å². The minimum atomic E-state index is -4.68. The monoisotopic (exact) mass is 249 g/mol. The van der Waals surface area contributed by atoms with Crippen molar-refractivity contribution in [2.75, 3.05) is 6.61 Å². The molecule has 3 N–H and O–H groups in total. The molecule has 0 amide bonds. The Hall–Kier alpha value is -1.27. The lowest BCUT2D eigenvalue weighted by Gasteiger charge is -2.13. The Kier molecular flexibility index (Phi) is 4.77. The quantitative estimate of drug-likeness (QED) is 0.842. The van der Waals surface area contributed by atoms with Gasteiger partial charge < -0.3 is 15.6 Å². The van der Waals surface area contributed by atoms with Crippen molar-refractivity contribution in [3.8, 4) is 5.75 Å². The predicted octanol–water partition coefficient (Wildman–Crippen LogP) is 2.36. The maximum absolute atomic E-state index is 11.9. The molecule has 96 valence electrons. The molecule has 1 aromatic rings. The van der Waals surface area contributed by atoms with Crippen molar-refractivity contribution in [1.82, 2.24) is 0 Å². The summed E-state index contributed by atoms with van der Waals surface area (Å²) in [6.07, 6.45) is -3.54. The molecule has 0 saturated heterocycles. The molecule has 0 aliphatic heterocycles. The van der Waals surface area contributed by atoms with E-state index in [1.807, 2.05) is 0 Å². The standard InChI is InChI=1S/C11H14F3NO2/c12-11(13,14)17-9-5-3-8(4-6-9)10(15)2-1-7-16/h3-6,10,16H,1-2,7,15H2/t10-/m1/s1. The molecule has 0 aliphatic rings. The third-order valence-electron chi connectivity index (χ3n) is 2.22. The Morgan fingerprint density at radius 2 is 1.82 bits per heavy atom. The third kappa shape index (κ3) is 5.06. The van der Waals surface area contributed by atoms with Crippen LogP contribution in [0.5, 0.6) is 5.75 Å². The molecule has 0 saturated carbocycles. The molecule has 0 bridgehead atoms. The minimum Gasteiger partial charge on any atom is -0.406 e. The number of rotatable bonds is 5. The van der Waals surface area contributed by atoms with E-state index in [0.29, 0.717) is 18.4 Å². The Balaban J connectivity index is 2.61. The van der Waals surface area contributed by atoms with E-state index in [1.54, 1.807) is 0 Å². The smallest absolute Gasteiger partial charge is 0.406 e. The summed E-state index contributed by atoms with van der Waals surface area (Å²) in [7, 11) is 0. The first-order chi connectivity index (χ1) is 7.92. The van der Waals surface area contributed by atoms with Crippen molar-refractivity contribution in [3.05, 3.63) is 29.8 Å². The fourth-order valence-electron chi connectivity index (χ4n) is 1.39. The first-order valence-corrected chi connectivity index (χ1v) is 5.14. The van der Waals surface area contributed by atoms with Gasteiger partial charge in [-0.1, -0.05) is 12.1 Å². The molecule has 0 spiro atoms. The molecule has 6 heteroatoms. The molecule has 1 aromatic carbocycles. The second-order valence-corrected chi connectivity index (χ2v) is 3.59. The number of nitrogens with two attached hydrogens (primary N) is 1. The number of hydrogen-bond donors (Lipinski definition) is 2. The molecular formula is C11H14F3NO2. The summed E-state index contributed by atoms with van der Waals surface area (Å²) in [4.78, 5) is 0. The highest BCUT2D eigenvalue weighted by atomic mass is 19.4. The van der Waals surface area contributed by atoms with Crippen molar-refractivity contribution < 1.29 is 23.0 Å². The van der Waals surface area contributed by atoms with Gasteiger partial charge in [0.15, 0.2) is 0 Å². The van der Waals surface area contributed by atoms with Crippen LogP contribution in [0, 0.1) is 0 Å². The van der Waals surface area contributed by atoms with Crippen LogP contribution < -0.4 is 10.5 Å². The van der Waals surface area contributed by atoms with E-state index in [1.165, 1.54) is 24.3 Å². The number of aliphatic hydroxyl groups is 1. The van der Waals surface area contributed by atoms with Crippen LogP contribution in [0.2, 0.25) is 0 Å². The van der Waals surface area contributed by atoms with Gasteiger partial charge >= 0.3 is 6.36 Å². The zero-order valence-corrected chi connectivity index (χ0v) is 9.07. The summed E-state index contributed by atoms with van der Waals surface area (Å²) < 4.78 is 39.4. The number of alkyl halides is 3. The molecule has 0 fully saturated rings. The van der Waals surface area contributed by atoms with Crippen LogP contribution in [0.1, 0.15) is 24.4 Å². The van der Waals surface area contributed by atoms with Gasteiger partial charge in [-0.3, -0.25) is 0 Å². The van der Waals surface area contributed by atoms with Crippen molar-refractivity contribution in [1.29, 1.82) is 0 Å². The molecule has 3 nitrogen and oxygen atoms in total. The Morgan fingerprint density at radius 3 is 2.29 bits per heavy atom. The van der Waals surface area contributed by atoms with E-state index >= 15 is 0 Å². The van der Waals surface area contributed by atoms with E-state index in [9.17, 15) is 13.2 Å². The third-order valence-corrected chi connectivity index (χ3v) is 2.22. The van der Waals surface area contributed by atoms with Gasteiger partial charge in [-0.25, -0.2) is 0 Å². The van der Waals surface area contributed by atoms with E-state index in [2.05, 4.69) is 4.74 Å². The van der Waals surface area contributed by atoms with Gasteiger partial charge in [0.2, 0.25) is 0 Å². The summed E-state index contributed by atoms with van der Waals surface area (Å²) in [5, 5.41) is 8.63. The largest absolute Gasteiger partial charge is 0.573 e. The summed E-state index contributed by atoms with van der Waals surface area (Å²) in [6.45, 7) is 0.0446. The predicted molar refractivity (Wildman–Crippen MR) is 56.4 cm³/mol. The van der Waals surface area contributed by atoms with Gasteiger partial charge in [-0.2, -0.15) is 0 Å². The number of benzene rings is 1. The molecular weight excluding hydrogens is 235 g/mol. The van der Waals surface area contributed by atoms with Crippen molar-refractivity contribution >= 4 is 0 Å². The number of ether oxygens (including phenoxy) is 1. The van der Waals surface area contributed by atoms with Gasteiger partial charge in [0.05, 0.1) is 0 Å². The zero-order valence-electron chi connectivity index (χ0n) is 9.07. The minimum absolute atomic E-state index is 0.0446. The number of halogens is 3. The summed E-state index contributed by atoms with van der Waals surface area (Å²) in [6, 6.07) is 5.14. The SMILES string of the molecule is N[C@H](CCCO)c1ccc(OC(F)(F)F)cc1. The van der Waals surface area contributed by atoms with Crippen molar-refractivity contribution in [3.63, 3.8) is 0 Å². The summed E-state index contributed by atoms with van der Waals surface area (Å²) >= 11 is 0. The van der Waals surface area contributed by atoms with Crippen LogP contribution >= 0.6 is 0 Å². The first kappa shape index (κ1) is 13.8. The molecule has 1 atom stereocenters. The van der Waals surface area contributed by atoms with E-state index < -0.39 is 6.36 Å². The van der Waals surface area contributed by atoms with Gasteiger partial charge in [-0.15, -0.1) is 13.2 Å². The normalized spacial score (nSPS) is 13.5. The molecule has 0 heterocycles. The number of aliphatic hydroxyl groups excluding tert-OH is 1. The second-order valence-electron chi connectivity index (χ2n) is 3.59. The van der Waals surface area contributed by atoms with Gasteiger partial charge in [0, 0.05) is 12.6 Å². The van der Waals surface area contributed by atoms with E-state index in [-0.39, 0.29) is 18.4 Å². The zero-order chi connectivity index (χ0) is 12.9.